The fraction of sp³-hybridized carbons (Fsp3) is 0.385. The molecular formula is C13H15N3O3. The third kappa shape index (κ3) is 3.52. The van der Waals surface area contributed by atoms with Crippen molar-refractivity contribution in [1.82, 2.24) is 5.32 Å². The Balaban J connectivity index is 3.08. The second-order valence-corrected chi connectivity index (χ2v) is 4.57. The van der Waals surface area contributed by atoms with Crippen molar-refractivity contribution in [2.24, 2.45) is 0 Å². The number of hydrogen-bond acceptors (Lipinski definition) is 4. The van der Waals surface area contributed by atoms with Gasteiger partial charge in [0.05, 0.1) is 11.0 Å². The van der Waals surface area contributed by atoms with E-state index in [1.54, 1.807) is 26.8 Å². The van der Waals surface area contributed by atoms with Gasteiger partial charge in [0.2, 0.25) is 0 Å². The predicted octanol–water partition coefficient (Wildman–Crippen LogP) is 2.33. The molecule has 1 N–H and O–H groups in total. The van der Waals surface area contributed by atoms with Crippen molar-refractivity contribution < 1.29 is 9.72 Å². The van der Waals surface area contributed by atoms with Gasteiger partial charge >= 0.3 is 0 Å². The van der Waals surface area contributed by atoms with Crippen molar-refractivity contribution >= 4 is 11.6 Å². The van der Waals surface area contributed by atoms with Crippen LogP contribution < -0.4 is 5.32 Å². The van der Waals surface area contributed by atoms with E-state index in [9.17, 15) is 14.9 Å². The summed E-state index contributed by atoms with van der Waals surface area (Å²) in [5, 5.41) is 22.3. The molecule has 0 heterocycles. The van der Waals surface area contributed by atoms with Crippen LogP contribution in [0.1, 0.15) is 36.2 Å². The van der Waals surface area contributed by atoms with Gasteiger partial charge in [-0.3, -0.25) is 14.9 Å². The van der Waals surface area contributed by atoms with E-state index in [-0.39, 0.29) is 11.3 Å². The molecule has 1 unspecified atom stereocenters. The van der Waals surface area contributed by atoms with Gasteiger partial charge in [0.15, 0.2) is 0 Å². The lowest BCUT2D eigenvalue weighted by Crippen LogP contribution is -2.44. The topological polar surface area (TPSA) is 96.0 Å². The lowest BCUT2D eigenvalue weighted by molar-refractivity contribution is -0.384. The molecule has 0 spiro atoms. The number of amides is 1. The minimum absolute atomic E-state index is 0.139. The van der Waals surface area contributed by atoms with E-state index in [0.717, 1.165) is 0 Å². The van der Waals surface area contributed by atoms with Gasteiger partial charge in [0.1, 0.15) is 5.54 Å². The summed E-state index contributed by atoms with van der Waals surface area (Å²) in [7, 11) is 0. The van der Waals surface area contributed by atoms with Gasteiger partial charge in [-0.15, -0.1) is 0 Å². The number of nitro benzene ring substituents is 1. The first-order valence-corrected chi connectivity index (χ1v) is 5.81. The largest absolute Gasteiger partial charge is 0.334 e. The molecule has 1 rings (SSSR count). The molecule has 6 heteroatoms. The number of non-ortho nitro benzene ring substituents is 1. The molecule has 100 valence electrons. The number of nitrogens with zero attached hydrogens (tertiary/aromatic N) is 2. The first kappa shape index (κ1) is 14.6. The number of nitriles is 1. The zero-order valence-electron chi connectivity index (χ0n) is 11.1. The normalized spacial score (nSPS) is 13.2. The summed E-state index contributed by atoms with van der Waals surface area (Å²) in [6.45, 7) is 5.06. The van der Waals surface area contributed by atoms with E-state index >= 15 is 0 Å². The number of aryl methyl sites for hydroxylation is 1. The number of hydrogen-bond donors (Lipinski definition) is 1. The van der Waals surface area contributed by atoms with Gasteiger partial charge in [-0.05, 0) is 31.9 Å². The quantitative estimate of drug-likeness (QED) is 0.664. The highest BCUT2D eigenvalue weighted by Gasteiger charge is 2.25. The SMILES string of the molecule is CCC(C)(C#N)NC(=O)c1cc(C)cc([N+](=O)[O-])c1. The summed E-state index contributed by atoms with van der Waals surface area (Å²) in [4.78, 5) is 22.2. The Morgan fingerprint density at radius 2 is 2.16 bits per heavy atom. The Bertz CT molecular complexity index is 563. The highest BCUT2D eigenvalue weighted by Crippen LogP contribution is 2.18. The van der Waals surface area contributed by atoms with Gasteiger partial charge in [0.25, 0.3) is 11.6 Å². The Kier molecular flexibility index (Phi) is 4.22. The number of carbonyl (C=O) groups excluding carboxylic acids is 1. The molecule has 0 aromatic heterocycles. The van der Waals surface area contributed by atoms with Crippen LogP contribution in [0.2, 0.25) is 0 Å². The minimum Gasteiger partial charge on any atom is -0.334 e. The maximum Gasteiger partial charge on any atom is 0.270 e. The molecule has 0 saturated heterocycles. The maximum atomic E-state index is 12.0. The summed E-state index contributed by atoms with van der Waals surface area (Å²) < 4.78 is 0. The maximum absolute atomic E-state index is 12.0. The van der Waals surface area contributed by atoms with E-state index in [2.05, 4.69) is 5.32 Å². The van der Waals surface area contributed by atoms with Crippen molar-refractivity contribution in [2.75, 3.05) is 0 Å². The van der Waals surface area contributed by atoms with Crippen LogP contribution in [0.5, 0.6) is 0 Å². The van der Waals surface area contributed by atoms with Crippen LogP contribution in [0.3, 0.4) is 0 Å². The molecule has 0 aliphatic heterocycles. The first-order valence-electron chi connectivity index (χ1n) is 5.81. The Morgan fingerprint density at radius 3 is 2.63 bits per heavy atom. The van der Waals surface area contributed by atoms with Crippen LogP contribution in [-0.4, -0.2) is 16.4 Å². The fourth-order valence-corrected chi connectivity index (χ4v) is 1.52. The molecule has 0 saturated carbocycles. The van der Waals surface area contributed by atoms with Crippen LogP contribution in [-0.2, 0) is 0 Å². The number of rotatable bonds is 4. The lowest BCUT2D eigenvalue weighted by Gasteiger charge is -2.21. The lowest BCUT2D eigenvalue weighted by atomic mass is 10.00. The number of benzene rings is 1. The van der Waals surface area contributed by atoms with E-state index < -0.39 is 16.4 Å². The van der Waals surface area contributed by atoms with Crippen LogP contribution >= 0.6 is 0 Å². The molecule has 19 heavy (non-hydrogen) atoms. The van der Waals surface area contributed by atoms with Crippen molar-refractivity contribution in [2.45, 2.75) is 32.7 Å². The summed E-state index contributed by atoms with van der Waals surface area (Å²) in [6, 6.07) is 6.16. The van der Waals surface area contributed by atoms with Gasteiger partial charge in [0, 0.05) is 17.7 Å². The zero-order valence-corrected chi connectivity index (χ0v) is 11.1. The predicted molar refractivity (Wildman–Crippen MR) is 69.6 cm³/mol. The van der Waals surface area contributed by atoms with Gasteiger partial charge in [-0.1, -0.05) is 6.92 Å². The molecule has 1 amide bonds. The Hall–Kier alpha value is -2.42. The molecule has 1 aromatic carbocycles. The summed E-state index contributed by atoms with van der Waals surface area (Å²) in [6.07, 6.45) is 0.448. The number of nitrogens with one attached hydrogen (secondary N) is 1. The summed E-state index contributed by atoms with van der Waals surface area (Å²) in [5.41, 5.74) is -0.313. The second kappa shape index (κ2) is 5.48. The van der Waals surface area contributed by atoms with Crippen LogP contribution in [0, 0.1) is 28.4 Å². The van der Waals surface area contributed by atoms with Crippen LogP contribution in [0.4, 0.5) is 5.69 Å². The smallest absolute Gasteiger partial charge is 0.270 e. The van der Waals surface area contributed by atoms with E-state index in [1.165, 1.54) is 12.1 Å². The standard InChI is InChI=1S/C13H15N3O3/c1-4-13(3,8-14)15-12(17)10-5-9(2)6-11(7-10)16(18)19/h5-7H,4H2,1-3H3,(H,15,17). The minimum atomic E-state index is -0.977. The van der Waals surface area contributed by atoms with E-state index in [4.69, 9.17) is 5.26 Å². The molecule has 0 fully saturated rings. The Labute approximate surface area is 111 Å². The molecule has 0 radical (unpaired) electrons. The highest BCUT2D eigenvalue weighted by atomic mass is 16.6. The number of carbonyl (C=O) groups is 1. The second-order valence-electron chi connectivity index (χ2n) is 4.57. The van der Waals surface area contributed by atoms with Gasteiger partial charge in [-0.2, -0.15) is 5.26 Å². The summed E-state index contributed by atoms with van der Waals surface area (Å²) in [5.74, 6) is -0.488. The molecule has 0 aliphatic rings. The van der Waals surface area contributed by atoms with E-state index in [1.807, 2.05) is 6.07 Å². The molecule has 1 aromatic rings. The number of nitro groups is 1. The fourth-order valence-electron chi connectivity index (χ4n) is 1.52. The average Bonchev–Trinajstić information content (AvgIpc) is 2.37. The van der Waals surface area contributed by atoms with E-state index in [0.29, 0.717) is 12.0 Å². The van der Waals surface area contributed by atoms with Crippen LogP contribution in [0.15, 0.2) is 18.2 Å². The molecule has 1 atom stereocenters. The first-order chi connectivity index (χ1) is 8.81. The van der Waals surface area contributed by atoms with Crippen molar-refractivity contribution in [3.63, 3.8) is 0 Å². The third-order valence-corrected chi connectivity index (χ3v) is 2.88. The van der Waals surface area contributed by atoms with Crippen molar-refractivity contribution in [3.8, 4) is 6.07 Å². The molecule has 0 aliphatic carbocycles. The van der Waals surface area contributed by atoms with Gasteiger partial charge < -0.3 is 5.32 Å². The zero-order chi connectivity index (χ0) is 14.6. The summed E-state index contributed by atoms with van der Waals surface area (Å²) >= 11 is 0. The van der Waals surface area contributed by atoms with Gasteiger partial charge in [-0.25, -0.2) is 0 Å². The van der Waals surface area contributed by atoms with Crippen molar-refractivity contribution in [1.29, 1.82) is 5.26 Å². The average molecular weight is 261 g/mol. The molecule has 6 nitrogen and oxygen atoms in total. The third-order valence-electron chi connectivity index (χ3n) is 2.88. The Morgan fingerprint density at radius 1 is 1.53 bits per heavy atom. The van der Waals surface area contributed by atoms with Crippen LogP contribution in [0.25, 0.3) is 0 Å². The molecule has 0 bridgehead atoms. The molecular weight excluding hydrogens is 246 g/mol. The highest BCUT2D eigenvalue weighted by molar-refractivity contribution is 5.95. The van der Waals surface area contributed by atoms with Crippen molar-refractivity contribution in [3.05, 3.63) is 39.4 Å². The monoisotopic (exact) mass is 261 g/mol.